The highest BCUT2D eigenvalue weighted by atomic mass is 127. The molecule has 0 radical (unpaired) electrons. The van der Waals surface area contributed by atoms with E-state index in [1.807, 2.05) is 0 Å². The van der Waals surface area contributed by atoms with E-state index >= 15 is 0 Å². The molecule has 1 fully saturated rings. The Labute approximate surface area is 111 Å². The quantitative estimate of drug-likeness (QED) is 0.593. The van der Waals surface area contributed by atoms with Crippen LogP contribution in [0.5, 0.6) is 0 Å². The average Bonchev–Trinajstić information content (AvgIpc) is 3.09. The van der Waals surface area contributed by atoms with Gasteiger partial charge < -0.3 is 10.6 Å². The van der Waals surface area contributed by atoms with E-state index in [2.05, 4.69) is 57.5 Å². The maximum Gasteiger partial charge on any atom is 0.0216 e. The largest absolute Gasteiger partial charge is 0.314 e. The summed E-state index contributed by atoms with van der Waals surface area (Å²) in [6, 6.07) is 9.39. The molecule has 1 aromatic rings. The fraction of sp³-hybridized carbons (Fsp3) is 0.538. The first-order valence-electron chi connectivity index (χ1n) is 6.04. The van der Waals surface area contributed by atoms with E-state index in [1.54, 1.807) is 0 Å². The second-order valence-electron chi connectivity index (χ2n) is 4.35. The predicted molar refractivity (Wildman–Crippen MR) is 76.5 cm³/mol. The van der Waals surface area contributed by atoms with E-state index in [0.29, 0.717) is 0 Å². The fourth-order valence-electron chi connectivity index (χ4n) is 1.67. The number of nitrogens with one attached hydrogen (secondary N) is 2. The van der Waals surface area contributed by atoms with Crippen molar-refractivity contribution in [2.45, 2.75) is 31.8 Å². The summed E-state index contributed by atoms with van der Waals surface area (Å²) in [5.41, 5.74) is 1.40. The SMILES string of the molecule is Ic1ccccc1CNCCCNC1CC1. The lowest BCUT2D eigenvalue weighted by Crippen LogP contribution is -2.23. The molecule has 0 aliphatic heterocycles. The van der Waals surface area contributed by atoms with Crippen LogP contribution in [0.4, 0.5) is 0 Å². The van der Waals surface area contributed by atoms with Crippen molar-refractivity contribution in [3.8, 4) is 0 Å². The van der Waals surface area contributed by atoms with Crippen LogP contribution in [-0.2, 0) is 6.54 Å². The molecule has 0 amide bonds. The van der Waals surface area contributed by atoms with Crippen molar-refractivity contribution >= 4 is 22.6 Å². The molecule has 0 spiro atoms. The molecule has 1 aromatic carbocycles. The smallest absolute Gasteiger partial charge is 0.0216 e. The maximum atomic E-state index is 3.53. The summed E-state index contributed by atoms with van der Waals surface area (Å²) >= 11 is 2.39. The molecule has 0 saturated heterocycles. The standard InChI is InChI=1S/C13H19IN2/c14-13-5-2-1-4-11(13)10-15-8-3-9-16-12-6-7-12/h1-2,4-5,12,15-16H,3,6-10H2. The molecule has 2 N–H and O–H groups in total. The van der Waals surface area contributed by atoms with Gasteiger partial charge in [0.05, 0.1) is 0 Å². The molecule has 0 atom stereocenters. The first-order valence-corrected chi connectivity index (χ1v) is 7.11. The molecule has 16 heavy (non-hydrogen) atoms. The summed E-state index contributed by atoms with van der Waals surface area (Å²) in [5, 5.41) is 7.02. The van der Waals surface area contributed by atoms with Crippen LogP contribution in [0.15, 0.2) is 24.3 Å². The molecule has 1 saturated carbocycles. The molecule has 1 aliphatic rings. The van der Waals surface area contributed by atoms with E-state index in [0.717, 1.165) is 25.7 Å². The first kappa shape index (κ1) is 12.3. The van der Waals surface area contributed by atoms with Gasteiger partial charge in [-0.3, -0.25) is 0 Å². The highest BCUT2D eigenvalue weighted by Crippen LogP contribution is 2.18. The molecule has 2 rings (SSSR count). The normalized spacial score (nSPS) is 15.3. The number of rotatable bonds is 7. The van der Waals surface area contributed by atoms with Gasteiger partial charge in [-0.2, -0.15) is 0 Å². The lowest BCUT2D eigenvalue weighted by Gasteiger charge is -2.07. The molecule has 0 aromatic heterocycles. The monoisotopic (exact) mass is 330 g/mol. The van der Waals surface area contributed by atoms with E-state index in [1.165, 1.54) is 28.4 Å². The van der Waals surface area contributed by atoms with Crippen LogP contribution in [0, 0.1) is 3.57 Å². The summed E-state index contributed by atoms with van der Waals surface area (Å²) in [7, 11) is 0. The van der Waals surface area contributed by atoms with Gasteiger partial charge in [-0.1, -0.05) is 18.2 Å². The van der Waals surface area contributed by atoms with E-state index in [4.69, 9.17) is 0 Å². The van der Waals surface area contributed by atoms with Gasteiger partial charge in [-0.15, -0.1) is 0 Å². The summed E-state index contributed by atoms with van der Waals surface area (Å²) in [4.78, 5) is 0. The fourth-order valence-corrected chi connectivity index (χ4v) is 2.25. The number of benzene rings is 1. The van der Waals surface area contributed by atoms with Gasteiger partial charge in [0.15, 0.2) is 0 Å². The van der Waals surface area contributed by atoms with Crippen LogP contribution in [0.2, 0.25) is 0 Å². The van der Waals surface area contributed by atoms with Gasteiger partial charge in [-0.05, 0) is 66.6 Å². The Morgan fingerprint density at radius 1 is 1.19 bits per heavy atom. The molecule has 1 aliphatic carbocycles. The van der Waals surface area contributed by atoms with Crippen molar-refractivity contribution in [3.05, 3.63) is 33.4 Å². The van der Waals surface area contributed by atoms with Gasteiger partial charge >= 0.3 is 0 Å². The molecular weight excluding hydrogens is 311 g/mol. The van der Waals surface area contributed by atoms with Crippen LogP contribution in [0.1, 0.15) is 24.8 Å². The second kappa shape index (κ2) is 6.57. The predicted octanol–water partition coefficient (Wildman–Crippen LogP) is 2.52. The van der Waals surface area contributed by atoms with E-state index in [-0.39, 0.29) is 0 Å². The highest BCUT2D eigenvalue weighted by Gasteiger charge is 2.19. The molecule has 0 unspecified atom stereocenters. The van der Waals surface area contributed by atoms with E-state index < -0.39 is 0 Å². The lowest BCUT2D eigenvalue weighted by molar-refractivity contribution is 0.592. The minimum atomic E-state index is 0.843. The van der Waals surface area contributed by atoms with Crippen LogP contribution < -0.4 is 10.6 Å². The Morgan fingerprint density at radius 3 is 2.75 bits per heavy atom. The Hall–Kier alpha value is -0.130. The Morgan fingerprint density at radius 2 is 2.00 bits per heavy atom. The van der Waals surface area contributed by atoms with Crippen molar-refractivity contribution in [2.24, 2.45) is 0 Å². The van der Waals surface area contributed by atoms with Crippen LogP contribution >= 0.6 is 22.6 Å². The second-order valence-corrected chi connectivity index (χ2v) is 5.51. The van der Waals surface area contributed by atoms with Gasteiger partial charge in [0, 0.05) is 16.2 Å². The average molecular weight is 330 g/mol. The van der Waals surface area contributed by atoms with Gasteiger partial charge in [0.2, 0.25) is 0 Å². The van der Waals surface area contributed by atoms with Crippen LogP contribution in [0.3, 0.4) is 0 Å². The van der Waals surface area contributed by atoms with Crippen molar-refractivity contribution in [1.29, 1.82) is 0 Å². The number of hydrogen-bond acceptors (Lipinski definition) is 2. The van der Waals surface area contributed by atoms with Crippen LogP contribution in [-0.4, -0.2) is 19.1 Å². The zero-order valence-corrected chi connectivity index (χ0v) is 11.7. The minimum absolute atomic E-state index is 0.843. The van der Waals surface area contributed by atoms with Gasteiger partial charge in [0.25, 0.3) is 0 Å². The summed E-state index contributed by atoms with van der Waals surface area (Å²) < 4.78 is 1.35. The maximum absolute atomic E-state index is 3.53. The Kier molecular flexibility index (Phi) is 5.06. The highest BCUT2D eigenvalue weighted by molar-refractivity contribution is 14.1. The Bertz CT molecular complexity index is 323. The molecular formula is C13H19IN2. The van der Waals surface area contributed by atoms with Crippen molar-refractivity contribution in [2.75, 3.05) is 13.1 Å². The zero-order chi connectivity index (χ0) is 11.2. The molecule has 0 heterocycles. The Balaban J connectivity index is 1.55. The summed E-state index contributed by atoms with van der Waals surface area (Å²) in [6.45, 7) is 3.25. The third kappa shape index (κ3) is 4.39. The third-order valence-corrected chi connectivity index (χ3v) is 3.87. The van der Waals surface area contributed by atoms with E-state index in [9.17, 15) is 0 Å². The number of hydrogen-bond donors (Lipinski definition) is 2. The van der Waals surface area contributed by atoms with Crippen molar-refractivity contribution < 1.29 is 0 Å². The zero-order valence-electron chi connectivity index (χ0n) is 9.51. The minimum Gasteiger partial charge on any atom is -0.314 e. The topological polar surface area (TPSA) is 24.1 Å². The summed E-state index contributed by atoms with van der Waals surface area (Å²) in [5.74, 6) is 0. The molecule has 88 valence electrons. The first-order chi connectivity index (χ1) is 7.86. The van der Waals surface area contributed by atoms with Crippen molar-refractivity contribution in [3.63, 3.8) is 0 Å². The van der Waals surface area contributed by atoms with Gasteiger partial charge in [-0.25, -0.2) is 0 Å². The lowest BCUT2D eigenvalue weighted by atomic mass is 10.2. The number of halogens is 1. The summed E-state index contributed by atoms with van der Waals surface area (Å²) in [6.07, 6.45) is 3.99. The van der Waals surface area contributed by atoms with Crippen LogP contribution in [0.25, 0.3) is 0 Å². The molecule has 2 nitrogen and oxygen atoms in total. The third-order valence-electron chi connectivity index (χ3n) is 2.81. The molecule has 0 bridgehead atoms. The van der Waals surface area contributed by atoms with Crippen molar-refractivity contribution in [1.82, 2.24) is 10.6 Å². The van der Waals surface area contributed by atoms with Gasteiger partial charge in [0.1, 0.15) is 0 Å². The molecule has 3 heteroatoms.